The van der Waals surface area contributed by atoms with Crippen molar-refractivity contribution in [3.63, 3.8) is 0 Å². The number of nitrogens with zero attached hydrogens (tertiary/aromatic N) is 1. The van der Waals surface area contributed by atoms with Gasteiger partial charge >= 0.3 is 0 Å². The zero-order valence-electron chi connectivity index (χ0n) is 10.6. The summed E-state index contributed by atoms with van der Waals surface area (Å²) in [6.07, 6.45) is 7.84. The predicted molar refractivity (Wildman–Crippen MR) is 72.0 cm³/mol. The third-order valence-electron chi connectivity index (χ3n) is 3.71. The minimum absolute atomic E-state index is 0.0952. The third-order valence-corrected chi connectivity index (χ3v) is 4.05. The normalized spacial score (nSPS) is 33.6. The van der Waals surface area contributed by atoms with Gasteiger partial charge in [-0.25, -0.2) is 0 Å². The van der Waals surface area contributed by atoms with E-state index in [0.717, 1.165) is 29.8 Å². The molecule has 1 heterocycles. The number of nitrogens with two attached hydrogens (primary N) is 1. The van der Waals surface area contributed by atoms with Crippen molar-refractivity contribution in [1.82, 2.24) is 4.98 Å². The lowest BCUT2D eigenvalue weighted by atomic mass is 9.70. The van der Waals surface area contributed by atoms with Crippen LogP contribution in [0.1, 0.15) is 38.7 Å². The average molecular weight is 253 g/mol. The van der Waals surface area contributed by atoms with Gasteiger partial charge in [0.05, 0.1) is 5.02 Å². The van der Waals surface area contributed by atoms with Crippen molar-refractivity contribution in [1.29, 1.82) is 0 Å². The lowest BCUT2D eigenvalue weighted by molar-refractivity contribution is 0.182. The van der Waals surface area contributed by atoms with Gasteiger partial charge in [0.2, 0.25) is 0 Å². The molecule has 0 aromatic carbocycles. The van der Waals surface area contributed by atoms with Gasteiger partial charge in [-0.05, 0) is 49.1 Å². The van der Waals surface area contributed by atoms with E-state index in [-0.39, 0.29) is 5.54 Å². The minimum atomic E-state index is -0.0952. The Morgan fingerprint density at radius 2 is 2.06 bits per heavy atom. The maximum absolute atomic E-state index is 6.56. The van der Waals surface area contributed by atoms with Crippen molar-refractivity contribution >= 4 is 11.6 Å². The summed E-state index contributed by atoms with van der Waals surface area (Å²) >= 11 is 6.16. The van der Waals surface area contributed by atoms with E-state index in [1.807, 2.05) is 6.07 Å². The quantitative estimate of drug-likeness (QED) is 0.876. The average Bonchev–Trinajstić information content (AvgIpc) is 2.19. The minimum Gasteiger partial charge on any atom is -0.325 e. The summed E-state index contributed by atoms with van der Waals surface area (Å²) in [5, 5.41) is 0.739. The highest BCUT2D eigenvalue weighted by atomic mass is 35.5. The van der Waals surface area contributed by atoms with Gasteiger partial charge in [0.25, 0.3) is 0 Å². The molecule has 1 saturated carbocycles. The molecule has 0 amide bonds. The van der Waals surface area contributed by atoms with Crippen molar-refractivity contribution < 1.29 is 0 Å². The van der Waals surface area contributed by atoms with Crippen LogP contribution in [-0.2, 0) is 6.42 Å². The van der Waals surface area contributed by atoms with Crippen LogP contribution in [0.15, 0.2) is 18.5 Å². The van der Waals surface area contributed by atoms with Crippen LogP contribution in [-0.4, -0.2) is 10.5 Å². The first-order valence-corrected chi connectivity index (χ1v) is 6.73. The number of rotatable bonds is 2. The summed E-state index contributed by atoms with van der Waals surface area (Å²) < 4.78 is 0. The molecule has 1 aliphatic rings. The van der Waals surface area contributed by atoms with Gasteiger partial charge in [0.15, 0.2) is 0 Å². The Balaban J connectivity index is 2.14. The molecule has 1 aromatic rings. The number of halogens is 1. The molecule has 0 bridgehead atoms. The van der Waals surface area contributed by atoms with Crippen molar-refractivity contribution in [2.24, 2.45) is 17.6 Å². The van der Waals surface area contributed by atoms with Crippen molar-refractivity contribution in [3.05, 3.63) is 29.0 Å². The van der Waals surface area contributed by atoms with Crippen LogP contribution in [0.25, 0.3) is 0 Å². The Kier molecular flexibility index (Phi) is 3.74. The van der Waals surface area contributed by atoms with Crippen LogP contribution in [0.5, 0.6) is 0 Å². The van der Waals surface area contributed by atoms with Gasteiger partial charge in [0, 0.05) is 17.9 Å². The first-order valence-electron chi connectivity index (χ1n) is 6.36. The van der Waals surface area contributed by atoms with Crippen LogP contribution in [0.3, 0.4) is 0 Å². The molecule has 0 radical (unpaired) electrons. The van der Waals surface area contributed by atoms with E-state index < -0.39 is 0 Å². The highest BCUT2D eigenvalue weighted by Crippen LogP contribution is 2.37. The number of aromatic nitrogens is 1. The van der Waals surface area contributed by atoms with Gasteiger partial charge in [-0.15, -0.1) is 0 Å². The summed E-state index contributed by atoms with van der Waals surface area (Å²) in [5.41, 5.74) is 7.60. The van der Waals surface area contributed by atoms with E-state index in [1.165, 1.54) is 6.42 Å². The van der Waals surface area contributed by atoms with E-state index in [1.54, 1.807) is 12.4 Å². The number of pyridine rings is 1. The standard InChI is InChI=1S/C14H21ClN2/c1-10-5-11(2)7-14(16,6-10)8-12-3-4-17-9-13(12)15/h3-4,9-11H,5-8,16H2,1-2H3. The Morgan fingerprint density at radius 1 is 1.41 bits per heavy atom. The lowest BCUT2D eigenvalue weighted by Gasteiger charge is -2.40. The molecule has 0 saturated heterocycles. The number of hydrogen-bond acceptors (Lipinski definition) is 2. The largest absolute Gasteiger partial charge is 0.325 e. The van der Waals surface area contributed by atoms with Crippen molar-refractivity contribution in [2.45, 2.75) is 45.1 Å². The Hall–Kier alpha value is -0.600. The summed E-state index contributed by atoms with van der Waals surface area (Å²) in [4.78, 5) is 4.02. The van der Waals surface area contributed by atoms with Crippen LogP contribution < -0.4 is 5.73 Å². The summed E-state index contributed by atoms with van der Waals surface area (Å²) in [6, 6.07) is 1.99. The molecular formula is C14H21ClN2. The molecule has 2 atom stereocenters. The summed E-state index contributed by atoms with van der Waals surface area (Å²) in [5.74, 6) is 1.42. The molecule has 2 unspecified atom stereocenters. The second-order valence-corrected chi connectivity index (χ2v) is 6.27. The monoisotopic (exact) mass is 252 g/mol. The van der Waals surface area contributed by atoms with Crippen molar-refractivity contribution in [3.8, 4) is 0 Å². The molecular weight excluding hydrogens is 232 g/mol. The highest BCUT2D eigenvalue weighted by molar-refractivity contribution is 6.31. The lowest BCUT2D eigenvalue weighted by Crippen LogP contribution is -2.48. The fraction of sp³-hybridized carbons (Fsp3) is 0.643. The first-order chi connectivity index (χ1) is 7.98. The Morgan fingerprint density at radius 3 is 2.65 bits per heavy atom. The molecule has 0 spiro atoms. The van der Waals surface area contributed by atoms with Crippen LogP contribution in [0.2, 0.25) is 5.02 Å². The smallest absolute Gasteiger partial charge is 0.0621 e. The van der Waals surface area contributed by atoms with E-state index >= 15 is 0 Å². The zero-order chi connectivity index (χ0) is 12.5. The molecule has 1 aromatic heterocycles. The summed E-state index contributed by atoms with van der Waals surface area (Å²) in [6.45, 7) is 4.59. The van der Waals surface area contributed by atoms with Gasteiger partial charge < -0.3 is 5.73 Å². The second kappa shape index (κ2) is 4.95. The predicted octanol–water partition coefficient (Wildman–Crippen LogP) is 3.43. The first kappa shape index (κ1) is 12.8. The van der Waals surface area contributed by atoms with Crippen molar-refractivity contribution in [2.75, 3.05) is 0 Å². The van der Waals surface area contributed by atoms with Gasteiger partial charge in [0.1, 0.15) is 0 Å². The molecule has 94 valence electrons. The molecule has 3 heteroatoms. The van der Waals surface area contributed by atoms with E-state index in [2.05, 4.69) is 18.8 Å². The molecule has 2 rings (SSSR count). The van der Waals surface area contributed by atoms with Gasteiger partial charge in [-0.2, -0.15) is 0 Å². The fourth-order valence-corrected chi connectivity index (χ4v) is 3.58. The molecule has 0 aliphatic heterocycles. The summed E-state index contributed by atoms with van der Waals surface area (Å²) in [7, 11) is 0. The van der Waals surface area contributed by atoms with Crippen LogP contribution in [0, 0.1) is 11.8 Å². The van der Waals surface area contributed by atoms with Gasteiger partial charge in [-0.3, -0.25) is 4.98 Å². The molecule has 1 fully saturated rings. The van der Waals surface area contributed by atoms with E-state index in [0.29, 0.717) is 11.8 Å². The zero-order valence-corrected chi connectivity index (χ0v) is 11.4. The molecule has 2 N–H and O–H groups in total. The van der Waals surface area contributed by atoms with E-state index in [9.17, 15) is 0 Å². The number of hydrogen-bond donors (Lipinski definition) is 1. The molecule has 17 heavy (non-hydrogen) atoms. The maximum atomic E-state index is 6.56. The SMILES string of the molecule is CC1CC(C)CC(N)(Cc2ccncc2Cl)C1. The van der Waals surface area contributed by atoms with E-state index in [4.69, 9.17) is 17.3 Å². The molecule has 2 nitrogen and oxygen atoms in total. The Labute approximate surface area is 109 Å². The highest BCUT2D eigenvalue weighted by Gasteiger charge is 2.34. The van der Waals surface area contributed by atoms with Crippen LogP contribution >= 0.6 is 11.6 Å². The second-order valence-electron chi connectivity index (χ2n) is 5.86. The van der Waals surface area contributed by atoms with Gasteiger partial charge in [-0.1, -0.05) is 25.4 Å². The van der Waals surface area contributed by atoms with Crippen LogP contribution in [0.4, 0.5) is 0 Å². The maximum Gasteiger partial charge on any atom is 0.0621 e. The fourth-order valence-electron chi connectivity index (χ4n) is 3.40. The third kappa shape index (κ3) is 3.20. The topological polar surface area (TPSA) is 38.9 Å². The Bertz CT molecular complexity index is 382. The molecule has 1 aliphatic carbocycles.